The van der Waals surface area contributed by atoms with Gasteiger partial charge in [0, 0.05) is 85.4 Å². The summed E-state index contributed by atoms with van der Waals surface area (Å²) in [5.74, 6) is 7.37. The Balaban J connectivity index is 0.908. The fraction of sp³-hybridized carbons (Fsp3) is 0.287. The molecule has 10 aromatic rings. The van der Waals surface area contributed by atoms with Crippen LogP contribution in [0.5, 0.6) is 0 Å². The van der Waals surface area contributed by atoms with Crippen molar-refractivity contribution >= 4 is 63.2 Å². The molecule has 2 N–H and O–H groups in total. The first kappa shape index (κ1) is 76.1. The van der Waals surface area contributed by atoms with Crippen molar-refractivity contribution in [3.63, 3.8) is 0 Å². The van der Waals surface area contributed by atoms with Crippen LogP contribution in [0.3, 0.4) is 0 Å². The van der Waals surface area contributed by atoms with E-state index in [0.717, 1.165) is 132 Å². The van der Waals surface area contributed by atoms with Gasteiger partial charge in [0.2, 0.25) is 0 Å². The predicted octanol–water partition coefficient (Wildman–Crippen LogP) is 25.2. The molecule has 6 heterocycles. The van der Waals surface area contributed by atoms with Crippen LogP contribution in [0.1, 0.15) is 227 Å². The molecule has 548 valence electrons. The Kier molecular flexibility index (Phi) is 20.4. The molecule has 0 amide bonds. The number of hydrogen-bond donors (Lipinski definition) is 2. The Bertz CT molecular complexity index is 5650. The zero-order chi connectivity index (χ0) is 78.6. The van der Waals surface area contributed by atoms with Gasteiger partial charge in [0.1, 0.15) is 35.4 Å². The number of piperidine rings is 1. The van der Waals surface area contributed by atoms with Crippen LogP contribution in [-0.2, 0) is 32.5 Å². The number of aromatic nitrogens is 4. The minimum Gasteiger partial charge on any atom is -0.371 e. The molecule has 9 heteroatoms. The van der Waals surface area contributed by atoms with E-state index in [0.29, 0.717) is 17.0 Å². The van der Waals surface area contributed by atoms with Crippen LogP contribution >= 0.6 is 0 Å². The first-order valence-electron chi connectivity index (χ1n) is 38.5. The first-order chi connectivity index (χ1) is 52.1. The number of allylic oxidation sites excluding steroid dienone is 4. The highest BCUT2D eigenvalue weighted by Gasteiger charge is 2.30. The molecule has 13 rings (SSSR count). The standard InChI is InChI=1S/C101H99N9/c1-96(2,3)75-50-70(51-76(56-75)97(4,5)6)93-84-40-38-82(106-84)92(69-32-28-64(29-33-69)25-24-63-26-30-65(31-27-63)66-46-48-110(49-47-66)81-36-34-68(35-37-81)91(74(61-104)62-105)90(73(59-102)60-103)67-22-20-19-21-23-67)83-39-41-85(107-83)94(71-52-77(98(7,8)9)57-78(53-71)99(10,11)12)87-43-45-89(109-87)95(88-44-42-86(93)108-88)72-54-79(100(13,14)15)58-80(55-72)101(16,17)18/h19-23,26-45,50-58,66,106,109H,46-49H2,1-18H3. The van der Waals surface area contributed by atoms with Crippen molar-refractivity contribution in [2.45, 2.75) is 176 Å². The van der Waals surface area contributed by atoms with E-state index in [1.165, 1.54) is 38.9 Å². The summed E-state index contributed by atoms with van der Waals surface area (Å²) in [4.78, 5) is 22.2. The summed E-state index contributed by atoms with van der Waals surface area (Å²) in [6.45, 7) is 43.2. The molecule has 8 bridgehead atoms. The number of nitrogens with one attached hydrogen (secondary N) is 2. The van der Waals surface area contributed by atoms with E-state index in [4.69, 9.17) is 9.97 Å². The van der Waals surface area contributed by atoms with E-state index in [9.17, 15) is 21.0 Å². The quantitative estimate of drug-likeness (QED) is 0.0828. The summed E-state index contributed by atoms with van der Waals surface area (Å²) in [6, 6.07) is 72.6. The van der Waals surface area contributed by atoms with Gasteiger partial charge in [-0.05, 0) is 209 Å². The third-order valence-corrected chi connectivity index (χ3v) is 21.8. The smallest absolute Gasteiger partial charge is 0.138 e. The molecule has 0 atom stereocenters. The summed E-state index contributed by atoms with van der Waals surface area (Å²) in [6.07, 6.45) is 10.8. The fourth-order valence-corrected chi connectivity index (χ4v) is 15.1. The second kappa shape index (κ2) is 29.5. The summed E-state index contributed by atoms with van der Waals surface area (Å²) >= 11 is 0. The van der Waals surface area contributed by atoms with Gasteiger partial charge in [-0.3, -0.25) is 0 Å². The lowest BCUT2D eigenvalue weighted by Gasteiger charge is -2.34. The molecule has 0 radical (unpaired) electrons. The highest BCUT2D eigenvalue weighted by Crippen LogP contribution is 2.46. The van der Waals surface area contributed by atoms with Crippen LogP contribution < -0.4 is 4.90 Å². The largest absolute Gasteiger partial charge is 0.371 e. The Morgan fingerprint density at radius 3 is 0.955 bits per heavy atom. The van der Waals surface area contributed by atoms with E-state index in [2.05, 4.69) is 303 Å². The number of rotatable bonds is 9. The molecular weight excluding hydrogens is 1340 g/mol. The Hall–Kier alpha value is -12.1. The average Bonchev–Trinajstić information content (AvgIpc) is 1.57. The molecule has 0 spiro atoms. The number of aromatic amines is 2. The highest BCUT2D eigenvalue weighted by atomic mass is 15.1. The van der Waals surface area contributed by atoms with Crippen LogP contribution in [0.15, 0.2) is 193 Å². The third-order valence-electron chi connectivity index (χ3n) is 21.8. The SMILES string of the molecule is CC(C)(C)c1cc(-c2c3nc(c(-c4cc(C(C)(C)C)cc(C(C)(C)C)c4)c4ccc([nH]4)c(-c4cc(C(C)(C)C)cc(C(C)(C)C)c4)c4nc(c(-c5ccc(C#Cc6ccc(C7CCN(c8ccc(C(=C(C#N)C#N)C(=C(C#N)C#N)c9ccccc9)cc8)CC7)cc6)cc5)c5ccc2[nH]5)C=C4)C=C3)cc(C(C)(C)C)c1. The predicted molar refractivity (Wildman–Crippen MR) is 459 cm³/mol. The molecule has 3 aromatic heterocycles. The number of fused-ring (bicyclic) bond motifs is 8. The van der Waals surface area contributed by atoms with E-state index >= 15 is 0 Å². The molecule has 0 saturated carbocycles. The molecule has 3 aliphatic rings. The van der Waals surface area contributed by atoms with Crippen molar-refractivity contribution < 1.29 is 0 Å². The van der Waals surface area contributed by atoms with Crippen molar-refractivity contribution in [3.8, 4) is 80.6 Å². The highest BCUT2D eigenvalue weighted by molar-refractivity contribution is 6.11. The lowest BCUT2D eigenvalue weighted by molar-refractivity contribution is 0.505. The molecule has 110 heavy (non-hydrogen) atoms. The number of H-pyrrole nitrogens is 2. The van der Waals surface area contributed by atoms with Crippen LogP contribution in [0.2, 0.25) is 0 Å². The van der Waals surface area contributed by atoms with Gasteiger partial charge in [-0.25, -0.2) is 9.97 Å². The van der Waals surface area contributed by atoms with E-state index in [-0.39, 0.29) is 54.8 Å². The zero-order valence-electron chi connectivity index (χ0n) is 67.2. The van der Waals surface area contributed by atoms with Crippen molar-refractivity contribution in [1.82, 2.24) is 19.9 Å². The zero-order valence-corrected chi connectivity index (χ0v) is 67.2. The monoisotopic (exact) mass is 1440 g/mol. The van der Waals surface area contributed by atoms with Gasteiger partial charge in [-0.1, -0.05) is 258 Å². The Labute approximate surface area is 651 Å². The fourth-order valence-electron chi connectivity index (χ4n) is 15.1. The maximum atomic E-state index is 10.1. The normalized spacial score (nSPS) is 13.3. The Morgan fingerprint density at radius 2 is 0.645 bits per heavy atom. The number of nitriles is 4. The average molecular weight is 1440 g/mol. The van der Waals surface area contributed by atoms with E-state index in [1.54, 1.807) is 24.3 Å². The van der Waals surface area contributed by atoms with Crippen LogP contribution in [0, 0.1) is 57.2 Å². The van der Waals surface area contributed by atoms with Crippen molar-refractivity contribution in [1.29, 1.82) is 21.0 Å². The van der Waals surface area contributed by atoms with Gasteiger partial charge in [0.25, 0.3) is 0 Å². The number of anilines is 1. The van der Waals surface area contributed by atoms with Gasteiger partial charge in [0.15, 0.2) is 0 Å². The molecule has 0 unspecified atom stereocenters. The Morgan fingerprint density at radius 1 is 0.345 bits per heavy atom. The maximum absolute atomic E-state index is 10.1. The van der Waals surface area contributed by atoms with Crippen LogP contribution in [0.4, 0.5) is 5.69 Å². The van der Waals surface area contributed by atoms with Crippen LogP contribution in [0.25, 0.3) is 102 Å². The van der Waals surface area contributed by atoms with Gasteiger partial charge < -0.3 is 14.9 Å². The first-order valence-corrected chi connectivity index (χ1v) is 38.5. The summed E-state index contributed by atoms with van der Waals surface area (Å²) in [5.41, 5.74) is 27.7. The van der Waals surface area contributed by atoms with Gasteiger partial charge in [-0.15, -0.1) is 0 Å². The second-order valence-corrected chi connectivity index (χ2v) is 36.0. The third kappa shape index (κ3) is 15.9. The minimum atomic E-state index is -0.173. The summed E-state index contributed by atoms with van der Waals surface area (Å²) < 4.78 is 0. The molecular formula is C101H99N9. The molecule has 1 fully saturated rings. The number of nitrogens with zero attached hydrogens (tertiary/aromatic N) is 7. The van der Waals surface area contributed by atoms with Gasteiger partial charge in [0.05, 0.1) is 22.8 Å². The van der Waals surface area contributed by atoms with Crippen molar-refractivity contribution in [2.75, 3.05) is 18.0 Å². The van der Waals surface area contributed by atoms with Gasteiger partial charge in [-0.2, -0.15) is 21.0 Å². The second-order valence-electron chi connectivity index (χ2n) is 36.0. The van der Waals surface area contributed by atoms with Crippen molar-refractivity contribution in [3.05, 3.63) is 277 Å². The van der Waals surface area contributed by atoms with Crippen molar-refractivity contribution in [2.24, 2.45) is 0 Å². The van der Waals surface area contributed by atoms with Crippen LogP contribution in [-0.4, -0.2) is 33.0 Å². The molecule has 1 saturated heterocycles. The topological polar surface area (TPSA) is 156 Å². The molecule has 9 nitrogen and oxygen atoms in total. The van der Waals surface area contributed by atoms with E-state index in [1.807, 2.05) is 54.6 Å². The maximum Gasteiger partial charge on any atom is 0.138 e. The molecule has 3 aliphatic heterocycles. The lowest BCUT2D eigenvalue weighted by Crippen LogP contribution is -2.32. The summed E-state index contributed by atoms with van der Waals surface area (Å²) in [5, 5.41) is 40.3. The lowest BCUT2D eigenvalue weighted by atomic mass is 9.78. The van der Waals surface area contributed by atoms with Gasteiger partial charge >= 0.3 is 0 Å². The number of benzene rings is 7. The number of hydrogen-bond acceptors (Lipinski definition) is 7. The van der Waals surface area contributed by atoms with E-state index < -0.39 is 0 Å². The molecule has 0 aliphatic carbocycles. The molecule has 7 aromatic carbocycles. The summed E-state index contributed by atoms with van der Waals surface area (Å²) in [7, 11) is 0. The minimum absolute atomic E-state index is 0.133.